The third kappa shape index (κ3) is 5.50. The van der Waals surface area contributed by atoms with E-state index >= 15 is 0 Å². The van der Waals surface area contributed by atoms with E-state index < -0.39 is 5.92 Å². The Hall–Kier alpha value is -3.83. The molecule has 0 N–H and O–H groups in total. The molecule has 5 nitrogen and oxygen atoms in total. The molecule has 3 aliphatic rings. The summed E-state index contributed by atoms with van der Waals surface area (Å²) in [5.41, 5.74) is 7.72. The van der Waals surface area contributed by atoms with Gasteiger partial charge < -0.3 is 14.4 Å². The molecule has 3 aromatic carbocycles. The lowest BCUT2D eigenvalue weighted by molar-refractivity contribution is -0.117. The Bertz CT molecular complexity index is 1530. The number of benzene rings is 3. The fraction of sp³-hybridized carbons (Fsp3) is 0.333. The van der Waals surface area contributed by atoms with Crippen molar-refractivity contribution in [2.24, 2.45) is 0 Å². The minimum atomic E-state index is -0.467. The van der Waals surface area contributed by atoms with Gasteiger partial charge in [-0.2, -0.15) is 0 Å². The second-order valence-corrected chi connectivity index (χ2v) is 11.7. The zero-order chi connectivity index (χ0) is 29.2. The van der Waals surface area contributed by atoms with Gasteiger partial charge in [0.05, 0.1) is 11.6 Å². The first-order valence-corrected chi connectivity index (χ1v) is 15.3. The van der Waals surface area contributed by atoms with Crippen molar-refractivity contribution in [1.82, 2.24) is 4.90 Å². The Morgan fingerprint density at radius 3 is 2.07 bits per heavy atom. The largest absolute Gasteiger partial charge is 0.490 e. The van der Waals surface area contributed by atoms with Crippen LogP contribution in [0.1, 0.15) is 73.6 Å². The molecule has 0 fully saturated rings. The monoisotopic (exact) mass is 581 g/mol. The third-order valence-electron chi connectivity index (χ3n) is 8.44. The highest BCUT2D eigenvalue weighted by Crippen LogP contribution is 2.51. The molecule has 0 unspecified atom stereocenters. The van der Waals surface area contributed by atoms with Gasteiger partial charge in [0.15, 0.2) is 23.1 Å². The first kappa shape index (κ1) is 28.3. The molecule has 0 radical (unpaired) electrons. The van der Waals surface area contributed by atoms with Crippen LogP contribution in [-0.4, -0.2) is 23.1 Å². The number of hydrogen-bond donors (Lipinski definition) is 0. The van der Waals surface area contributed by atoms with E-state index in [1.165, 1.54) is 5.56 Å². The molecule has 1 heterocycles. The SMILES string of the molecule is CCOc1cc(C2C3=C(CCCC3=O)N(Cc3ccccc3)C3=C2C(=O)CCC3)cc(Cl)c1OCc1ccc(C)cc1. The van der Waals surface area contributed by atoms with Crippen molar-refractivity contribution >= 4 is 23.2 Å². The van der Waals surface area contributed by atoms with Crippen molar-refractivity contribution in [3.8, 4) is 11.5 Å². The van der Waals surface area contributed by atoms with Gasteiger partial charge in [0.2, 0.25) is 0 Å². The fourth-order valence-corrected chi connectivity index (χ4v) is 6.78. The molecule has 0 aromatic heterocycles. The van der Waals surface area contributed by atoms with Crippen molar-refractivity contribution in [1.29, 1.82) is 0 Å². The Kier molecular flexibility index (Phi) is 8.21. The third-order valence-corrected chi connectivity index (χ3v) is 8.72. The van der Waals surface area contributed by atoms with E-state index in [4.69, 9.17) is 21.1 Å². The van der Waals surface area contributed by atoms with E-state index in [0.717, 1.165) is 64.9 Å². The van der Waals surface area contributed by atoms with Crippen LogP contribution in [0.25, 0.3) is 0 Å². The predicted octanol–water partition coefficient (Wildman–Crippen LogP) is 8.24. The van der Waals surface area contributed by atoms with Crippen LogP contribution in [0, 0.1) is 6.92 Å². The Morgan fingerprint density at radius 2 is 1.45 bits per heavy atom. The molecule has 0 saturated heterocycles. The van der Waals surface area contributed by atoms with E-state index in [0.29, 0.717) is 49.1 Å². The topological polar surface area (TPSA) is 55.8 Å². The number of aryl methyl sites for hydroxylation is 1. The van der Waals surface area contributed by atoms with E-state index in [9.17, 15) is 9.59 Å². The maximum atomic E-state index is 13.7. The lowest BCUT2D eigenvalue weighted by Gasteiger charge is -2.44. The number of ether oxygens (including phenoxy) is 2. The van der Waals surface area contributed by atoms with Gasteiger partial charge in [0, 0.05) is 47.8 Å². The summed E-state index contributed by atoms with van der Waals surface area (Å²) in [5, 5.41) is 0.408. The lowest BCUT2D eigenvalue weighted by Crippen LogP contribution is -2.38. The summed E-state index contributed by atoms with van der Waals surface area (Å²) in [4.78, 5) is 29.7. The quantitative estimate of drug-likeness (QED) is 0.268. The van der Waals surface area contributed by atoms with E-state index in [1.54, 1.807) is 0 Å². The molecule has 0 spiro atoms. The number of nitrogens with zero attached hydrogens (tertiary/aromatic N) is 1. The zero-order valence-corrected chi connectivity index (χ0v) is 25.0. The number of ketones is 2. The van der Waals surface area contributed by atoms with Crippen LogP contribution in [0.5, 0.6) is 11.5 Å². The lowest BCUT2D eigenvalue weighted by atomic mass is 9.71. The highest BCUT2D eigenvalue weighted by atomic mass is 35.5. The van der Waals surface area contributed by atoms with Crippen LogP contribution in [0.4, 0.5) is 0 Å². The highest BCUT2D eigenvalue weighted by Gasteiger charge is 2.43. The minimum absolute atomic E-state index is 0.109. The number of carbonyl (C=O) groups is 2. The standard InChI is InChI=1S/C36H36ClNO4/c1-3-41-32-20-26(19-27(37)36(32)42-22-25-17-15-23(2)16-18-25)33-34-28(11-7-13-30(34)39)38(21-24-9-5-4-6-10-24)29-12-8-14-31(40)35(29)33/h4-6,9-10,15-20,33H,3,7-8,11-14,21-22H2,1-2H3. The smallest absolute Gasteiger partial charge is 0.180 e. The molecule has 216 valence electrons. The molecule has 0 amide bonds. The predicted molar refractivity (Wildman–Crippen MR) is 165 cm³/mol. The van der Waals surface area contributed by atoms with Gasteiger partial charge >= 0.3 is 0 Å². The van der Waals surface area contributed by atoms with Crippen LogP contribution < -0.4 is 9.47 Å². The van der Waals surface area contributed by atoms with Crippen LogP contribution in [0.3, 0.4) is 0 Å². The molecule has 1 aliphatic heterocycles. The number of Topliss-reactive ketones (excluding diaryl/α,β-unsaturated/α-hetero) is 2. The van der Waals surface area contributed by atoms with E-state index in [-0.39, 0.29) is 11.6 Å². The van der Waals surface area contributed by atoms with Gasteiger partial charge in [0.1, 0.15) is 6.61 Å². The zero-order valence-electron chi connectivity index (χ0n) is 24.3. The van der Waals surface area contributed by atoms with E-state index in [2.05, 4.69) is 36.1 Å². The Labute approximate surface area is 252 Å². The molecule has 2 aliphatic carbocycles. The maximum absolute atomic E-state index is 13.7. The minimum Gasteiger partial charge on any atom is -0.490 e. The van der Waals surface area contributed by atoms with Crippen LogP contribution in [-0.2, 0) is 22.7 Å². The van der Waals surface area contributed by atoms with Gasteiger partial charge in [-0.25, -0.2) is 0 Å². The second-order valence-electron chi connectivity index (χ2n) is 11.3. The van der Waals surface area contributed by atoms with Crippen molar-refractivity contribution in [3.63, 3.8) is 0 Å². The molecule has 0 saturated carbocycles. The van der Waals surface area contributed by atoms with Gasteiger partial charge in [-0.3, -0.25) is 9.59 Å². The number of allylic oxidation sites excluding steroid dienone is 4. The summed E-state index contributed by atoms with van der Waals surface area (Å²) < 4.78 is 12.3. The summed E-state index contributed by atoms with van der Waals surface area (Å²) >= 11 is 6.92. The summed E-state index contributed by atoms with van der Waals surface area (Å²) in [7, 11) is 0. The summed E-state index contributed by atoms with van der Waals surface area (Å²) in [6.07, 6.45) is 4.19. The van der Waals surface area contributed by atoms with Gasteiger partial charge in [0.25, 0.3) is 0 Å². The maximum Gasteiger partial charge on any atom is 0.180 e. The van der Waals surface area contributed by atoms with Crippen molar-refractivity contribution < 1.29 is 19.1 Å². The first-order chi connectivity index (χ1) is 20.4. The fourth-order valence-electron chi connectivity index (χ4n) is 6.50. The molecule has 6 heteroatoms. The molecule has 0 atom stereocenters. The summed E-state index contributed by atoms with van der Waals surface area (Å²) in [6.45, 7) is 5.38. The van der Waals surface area contributed by atoms with Crippen LogP contribution >= 0.6 is 11.6 Å². The molecular formula is C36H36ClNO4. The Balaban J connectivity index is 1.45. The molecular weight excluding hydrogens is 546 g/mol. The van der Waals surface area contributed by atoms with Gasteiger partial charge in [-0.1, -0.05) is 71.8 Å². The highest BCUT2D eigenvalue weighted by molar-refractivity contribution is 6.32. The average molecular weight is 582 g/mol. The summed E-state index contributed by atoms with van der Waals surface area (Å²) in [6, 6.07) is 22.2. The van der Waals surface area contributed by atoms with Gasteiger partial charge in [-0.15, -0.1) is 0 Å². The molecule has 42 heavy (non-hydrogen) atoms. The molecule has 0 bridgehead atoms. The number of rotatable bonds is 8. The van der Waals surface area contributed by atoms with E-state index in [1.807, 2.05) is 49.4 Å². The average Bonchev–Trinajstić information content (AvgIpc) is 2.99. The van der Waals surface area contributed by atoms with Crippen molar-refractivity contribution in [2.45, 2.75) is 71.4 Å². The molecule has 3 aromatic rings. The normalized spacial score (nSPS) is 17.4. The first-order valence-electron chi connectivity index (χ1n) is 14.9. The van der Waals surface area contributed by atoms with Crippen LogP contribution in [0.2, 0.25) is 5.02 Å². The second kappa shape index (κ2) is 12.2. The number of carbonyl (C=O) groups excluding carboxylic acids is 2. The number of halogens is 1. The van der Waals surface area contributed by atoms with Crippen molar-refractivity contribution in [2.75, 3.05) is 6.61 Å². The van der Waals surface area contributed by atoms with Crippen molar-refractivity contribution in [3.05, 3.63) is 117 Å². The van der Waals surface area contributed by atoms with Crippen LogP contribution in [0.15, 0.2) is 89.3 Å². The summed E-state index contributed by atoms with van der Waals surface area (Å²) in [5.74, 6) is 0.744. The number of hydrogen-bond acceptors (Lipinski definition) is 5. The molecule has 6 rings (SSSR count). The van der Waals surface area contributed by atoms with Gasteiger partial charge in [-0.05, 0) is 68.4 Å². The Morgan fingerprint density at radius 1 is 0.810 bits per heavy atom.